The number of hydrogen-bond donors (Lipinski definition) is 5. The Bertz CT molecular complexity index is 423. The van der Waals surface area contributed by atoms with E-state index >= 15 is 0 Å². The molecule has 0 aromatic carbocycles. The summed E-state index contributed by atoms with van der Waals surface area (Å²) < 4.78 is 0. The van der Waals surface area contributed by atoms with E-state index in [4.69, 9.17) is 10.8 Å². The lowest BCUT2D eigenvalue weighted by Crippen LogP contribution is -2.48. The van der Waals surface area contributed by atoms with E-state index in [1.807, 2.05) is 13.8 Å². The Morgan fingerprint density at radius 1 is 1.00 bits per heavy atom. The van der Waals surface area contributed by atoms with Gasteiger partial charge in [-0.05, 0) is 19.3 Å². The first-order valence-corrected chi connectivity index (χ1v) is 6.95. The second-order valence-electron chi connectivity index (χ2n) is 5.37. The molecule has 0 saturated carbocycles. The average Bonchev–Trinajstić information content (AvgIpc) is 2.40. The molecule has 0 aliphatic rings. The lowest BCUT2D eigenvalue weighted by Gasteiger charge is -2.16. The zero-order valence-electron chi connectivity index (χ0n) is 13.0. The highest BCUT2D eigenvalue weighted by Gasteiger charge is 2.21. The summed E-state index contributed by atoms with van der Waals surface area (Å²) in [6.07, 6.45) is 0.291. The fourth-order valence-corrected chi connectivity index (χ4v) is 1.51. The minimum absolute atomic E-state index is 0.101. The molecule has 0 unspecified atom stereocenters. The molecule has 0 rings (SSSR count). The number of nitrogens with one attached hydrogen (secondary N) is 3. The molecule has 0 fully saturated rings. The second kappa shape index (κ2) is 9.72. The summed E-state index contributed by atoms with van der Waals surface area (Å²) >= 11 is 0. The number of rotatable bonds is 9. The van der Waals surface area contributed by atoms with Crippen LogP contribution < -0.4 is 21.7 Å². The Kier molecular flexibility index (Phi) is 8.76. The van der Waals surface area contributed by atoms with Crippen molar-refractivity contribution in [3.05, 3.63) is 0 Å². The predicted molar refractivity (Wildman–Crippen MR) is 78.7 cm³/mol. The van der Waals surface area contributed by atoms with Crippen LogP contribution in [0.2, 0.25) is 0 Å². The molecule has 22 heavy (non-hydrogen) atoms. The quantitative estimate of drug-likeness (QED) is 0.338. The first-order chi connectivity index (χ1) is 10.1. The molecular weight excluding hydrogens is 292 g/mol. The first-order valence-electron chi connectivity index (χ1n) is 6.95. The summed E-state index contributed by atoms with van der Waals surface area (Å²) in [6, 6.07) is -1.73. The van der Waals surface area contributed by atoms with Gasteiger partial charge in [0.1, 0.15) is 6.04 Å². The molecule has 0 aromatic heterocycles. The Labute approximate surface area is 129 Å². The number of carboxylic acids is 1. The van der Waals surface area contributed by atoms with E-state index in [-0.39, 0.29) is 19.0 Å². The van der Waals surface area contributed by atoms with Gasteiger partial charge in [0.2, 0.25) is 17.7 Å². The van der Waals surface area contributed by atoms with Crippen LogP contribution in [0.4, 0.5) is 0 Å². The van der Waals surface area contributed by atoms with Crippen LogP contribution in [0.15, 0.2) is 0 Å². The Balaban J connectivity index is 4.13. The van der Waals surface area contributed by atoms with E-state index in [0.717, 1.165) is 0 Å². The van der Waals surface area contributed by atoms with Crippen LogP contribution in [0, 0.1) is 5.92 Å². The van der Waals surface area contributed by atoms with Crippen molar-refractivity contribution in [2.24, 2.45) is 11.7 Å². The van der Waals surface area contributed by atoms with Crippen molar-refractivity contribution in [3.8, 4) is 0 Å². The van der Waals surface area contributed by atoms with Gasteiger partial charge in [0.15, 0.2) is 0 Å². The molecule has 0 saturated heterocycles. The number of nitrogens with two attached hydrogens (primary N) is 1. The lowest BCUT2D eigenvalue weighted by atomic mass is 10.0. The molecule has 6 N–H and O–H groups in total. The standard InChI is InChI=1S/C13H24N4O5/c1-7(2)4-9(13(21)22)17-11(19)6-15-10(18)5-16-12(20)8(3)14/h7-9H,4-6,14H2,1-3H3,(H,15,18)(H,16,20)(H,17,19)(H,21,22)/t8-,9-/m0/s1. The topological polar surface area (TPSA) is 151 Å². The summed E-state index contributed by atoms with van der Waals surface area (Å²) in [5.41, 5.74) is 5.30. The Morgan fingerprint density at radius 3 is 2.00 bits per heavy atom. The highest BCUT2D eigenvalue weighted by molar-refractivity contribution is 5.90. The van der Waals surface area contributed by atoms with Gasteiger partial charge >= 0.3 is 5.97 Å². The minimum atomic E-state index is -1.13. The molecule has 126 valence electrons. The molecule has 3 amide bonds. The summed E-state index contributed by atoms with van der Waals surface area (Å²) in [5, 5.41) is 15.9. The maximum atomic E-state index is 11.6. The Hall–Kier alpha value is -2.16. The summed E-state index contributed by atoms with van der Waals surface area (Å²) in [4.78, 5) is 45.1. The minimum Gasteiger partial charge on any atom is -0.480 e. The van der Waals surface area contributed by atoms with Crippen LogP contribution in [-0.2, 0) is 19.2 Å². The van der Waals surface area contributed by atoms with Crippen molar-refractivity contribution >= 4 is 23.7 Å². The summed E-state index contributed by atoms with van der Waals surface area (Å²) in [6.45, 7) is 4.48. The van der Waals surface area contributed by atoms with Gasteiger partial charge in [0.05, 0.1) is 19.1 Å². The van der Waals surface area contributed by atoms with Crippen LogP contribution in [-0.4, -0.2) is 54.0 Å². The van der Waals surface area contributed by atoms with Gasteiger partial charge < -0.3 is 26.8 Å². The highest BCUT2D eigenvalue weighted by atomic mass is 16.4. The van der Waals surface area contributed by atoms with E-state index in [1.165, 1.54) is 6.92 Å². The van der Waals surface area contributed by atoms with E-state index in [0.29, 0.717) is 6.42 Å². The van der Waals surface area contributed by atoms with Gasteiger partial charge in [0.25, 0.3) is 0 Å². The van der Waals surface area contributed by atoms with Gasteiger partial charge in [-0.25, -0.2) is 4.79 Å². The van der Waals surface area contributed by atoms with Gasteiger partial charge in [-0.3, -0.25) is 14.4 Å². The molecule has 0 bridgehead atoms. The lowest BCUT2D eigenvalue weighted by molar-refractivity contribution is -0.142. The number of amides is 3. The monoisotopic (exact) mass is 316 g/mol. The summed E-state index contributed by atoms with van der Waals surface area (Å²) in [5.74, 6) is -2.69. The number of aliphatic carboxylic acids is 1. The summed E-state index contributed by atoms with van der Waals surface area (Å²) in [7, 11) is 0. The average molecular weight is 316 g/mol. The zero-order chi connectivity index (χ0) is 17.3. The van der Waals surface area contributed by atoms with E-state index < -0.39 is 35.8 Å². The molecule has 2 atom stereocenters. The number of hydrogen-bond acceptors (Lipinski definition) is 5. The largest absolute Gasteiger partial charge is 0.480 e. The molecule has 0 aromatic rings. The third kappa shape index (κ3) is 8.90. The number of carbonyl (C=O) groups excluding carboxylic acids is 3. The third-order valence-electron chi connectivity index (χ3n) is 2.62. The molecule has 9 heteroatoms. The number of carboxylic acid groups (broad SMARTS) is 1. The molecule has 0 radical (unpaired) electrons. The maximum absolute atomic E-state index is 11.6. The van der Waals surface area contributed by atoms with Crippen molar-refractivity contribution in [3.63, 3.8) is 0 Å². The van der Waals surface area contributed by atoms with Crippen molar-refractivity contribution < 1.29 is 24.3 Å². The molecule has 0 heterocycles. The normalized spacial score (nSPS) is 13.1. The SMILES string of the molecule is CC(C)C[C@H](NC(=O)CNC(=O)CNC(=O)[C@H](C)N)C(=O)O. The maximum Gasteiger partial charge on any atom is 0.326 e. The van der Waals surface area contributed by atoms with Crippen molar-refractivity contribution in [2.45, 2.75) is 39.3 Å². The van der Waals surface area contributed by atoms with E-state index in [9.17, 15) is 19.2 Å². The first kappa shape index (κ1) is 19.8. The van der Waals surface area contributed by atoms with E-state index in [2.05, 4.69) is 16.0 Å². The highest BCUT2D eigenvalue weighted by Crippen LogP contribution is 2.04. The Morgan fingerprint density at radius 2 is 1.55 bits per heavy atom. The van der Waals surface area contributed by atoms with Crippen LogP contribution in [0.3, 0.4) is 0 Å². The van der Waals surface area contributed by atoms with Crippen molar-refractivity contribution in [1.29, 1.82) is 0 Å². The molecular formula is C13H24N4O5. The van der Waals surface area contributed by atoms with Gasteiger partial charge in [-0.2, -0.15) is 0 Å². The molecule has 9 nitrogen and oxygen atoms in total. The van der Waals surface area contributed by atoms with Gasteiger partial charge in [-0.15, -0.1) is 0 Å². The fourth-order valence-electron chi connectivity index (χ4n) is 1.51. The van der Waals surface area contributed by atoms with Crippen LogP contribution >= 0.6 is 0 Å². The molecule has 0 aliphatic carbocycles. The van der Waals surface area contributed by atoms with Gasteiger partial charge in [-0.1, -0.05) is 13.8 Å². The predicted octanol–water partition coefficient (Wildman–Crippen LogP) is -1.82. The second-order valence-corrected chi connectivity index (χ2v) is 5.37. The van der Waals surface area contributed by atoms with Crippen LogP contribution in [0.5, 0.6) is 0 Å². The number of carbonyl (C=O) groups is 4. The zero-order valence-corrected chi connectivity index (χ0v) is 13.0. The van der Waals surface area contributed by atoms with Crippen molar-refractivity contribution in [2.75, 3.05) is 13.1 Å². The van der Waals surface area contributed by atoms with Crippen molar-refractivity contribution in [1.82, 2.24) is 16.0 Å². The van der Waals surface area contributed by atoms with Crippen LogP contribution in [0.25, 0.3) is 0 Å². The van der Waals surface area contributed by atoms with Gasteiger partial charge in [0, 0.05) is 0 Å². The molecule has 0 aliphatic heterocycles. The third-order valence-corrected chi connectivity index (χ3v) is 2.62. The van der Waals surface area contributed by atoms with E-state index in [1.54, 1.807) is 0 Å². The fraction of sp³-hybridized carbons (Fsp3) is 0.692. The smallest absolute Gasteiger partial charge is 0.326 e. The molecule has 0 spiro atoms. The van der Waals surface area contributed by atoms with Crippen LogP contribution in [0.1, 0.15) is 27.2 Å².